The van der Waals surface area contributed by atoms with Crippen LogP contribution in [-0.4, -0.2) is 25.7 Å². The Labute approximate surface area is 170 Å². The standard InChI is InChI=1S/C21H25ClN2O4/c1-4-28-16-9-7-8-15(12-16)14(2)23-21(26)24-19(13-20(25)27-3)17-10-5-6-11-18(17)22/h5-12,14,19H,4,13H2,1-3H3,(H2,23,24,26). The summed E-state index contributed by atoms with van der Waals surface area (Å²) in [5.41, 5.74) is 1.55. The SMILES string of the molecule is CCOc1cccc(C(C)NC(=O)NC(CC(=O)OC)c2ccccc2Cl)c1. The maximum absolute atomic E-state index is 12.6. The highest BCUT2D eigenvalue weighted by Gasteiger charge is 2.22. The smallest absolute Gasteiger partial charge is 0.315 e. The van der Waals surface area contributed by atoms with Crippen LogP contribution in [0.15, 0.2) is 48.5 Å². The Morgan fingerprint density at radius 2 is 1.86 bits per heavy atom. The van der Waals surface area contributed by atoms with E-state index in [1.54, 1.807) is 24.3 Å². The van der Waals surface area contributed by atoms with E-state index in [4.69, 9.17) is 21.1 Å². The molecule has 0 aliphatic rings. The molecule has 0 spiro atoms. The second kappa shape index (κ2) is 10.6. The van der Waals surface area contributed by atoms with Crippen LogP contribution < -0.4 is 15.4 Å². The molecular formula is C21H25ClN2O4. The molecule has 2 amide bonds. The average Bonchev–Trinajstić information content (AvgIpc) is 2.68. The highest BCUT2D eigenvalue weighted by molar-refractivity contribution is 6.31. The molecule has 0 fully saturated rings. The predicted molar refractivity (Wildman–Crippen MR) is 109 cm³/mol. The van der Waals surface area contributed by atoms with Crippen LogP contribution in [0.2, 0.25) is 5.02 Å². The highest BCUT2D eigenvalue weighted by Crippen LogP contribution is 2.26. The van der Waals surface area contributed by atoms with Crippen LogP contribution in [0.3, 0.4) is 0 Å². The maximum atomic E-state index is 12.6. The van der Waals surface area contributed by atoms with Gasteiger partial charge in [0.25, 0.3) is 0 Å². The summed E-state index contributed by atoms with van der Waals surface area (Å²) in [6, 6.07) is 13.3. The molecule has 0 heterocycles. The first-order chi connectivity index (χ1) is 13.4. The van der Waals surface area contributed by atoms with Gasteiger partial charge in [-0.05, 0) is 43.2 Å². The van der Waals surface area contributed by atoms with Crippen molar-refractivity contribution in [2.75, 3.05) is 13.7 Å². The molecule has 6 nitrogen and oxygen atoms in total. The summed E-state index contributed by atoms with van der Waals surface area (Å²) in [7, 11) is 1.31. The summed E-state index contributed by atoms with van der Waals surface area (Å²) in [6.07, 6.45) is -0.0259. The van der Waals surface area contributed by atoms with Crippen molar-refractivity contribution in [3.63, 3.8) is 0 Å². The van der Waals surface area contributed by atoms with Crippen LogP contribution in [0.4, 0.5) is 4.79 Å². The first-order valence-electron chi connectivity index (χ1n) is 9.05. The zero-order valence-electron chi connectivity index (χ0n) is 16.2. The molecule has 0 aromatic heterocycles. The van der Waals surface area contributed by atoms with Crippen molar-refractivity contribution in [2.45, 2.75) is 32.4 Å². The maximum Gasteiger partial charge on any atom is 0.315 e. The van der Waals surface area contributed by atoms with Gasteiger partial charge >= 0.3 is 12.0 Å². The molecule has 0 bridgehead atoms. The van der Waals surface area contributed by atoms with Gasteiger partial charge in [0, 0.05) is 5.02 Å². The van der Waals surface area contributed by atoms with E-state index in [0.29, 0.717) is 17.2 Å². The van der Waals surface area contributed by atoms with Crippen molar-refractivity contribution in [1.82, 2.24) is 10.6 Å². The van der Waals surface area contributed by atoms with Gasteiger partial charge in [-0.1, -0.05) is 41.9 Å². The average molecular weight is 405 g/mol. The van der Waals surface area contributed by atoms with E-state index < -0.39 is 18.0 Å². The van der Waals surface area contributed by atoms with Crippen molar-refractivity contribution in [2.24, 2.45) is 0 Å². The summed E-state index contributed by atoms with van der Waals surface area (Å²) >= 11 is 6.24. The molecule has 28 heavy (non-hydrogen) atoms. The van der Waals surface area contributed by atoms with E-state index in [1.807, 2.05) is 38.1 Å². The van der Waals surface area contributed by atoms with Crippen molar-refractivity contribution in [3.8, 4) is 5.75 Å². The molecular weight excluding hydrogens is 380 g/mol. The van der Waals surface area contributed by atoms with Crippen LogP contribution in [0.25, 0.3) is 0 Å². The molecule has 0 saturated carbocycles. The van der Waals surface area contributed by atoms with Crippen LogP contribution in [0, 0.1) is 0 Å². The van der Waals surface area contributed by atoms with Gasteiger partial charge in [-0.2, -0.15) is 0 Å². The van der Waals surface area contributed by atoms with Crippen LogP contribution in [0.5, 0.6) is 5.75 Å². The number of amides is 2. The van der Waals surface area contributed by atoms with Crippen molar-refractivity contribution in [1.29, 1.82) is 0 Å². The number of nitrogens with one attached hydrogen (secondary N) is 2. The fourth-order valence-corrected chi connectivity index (χ4v) is 3.03. The number of hydrogen-bond donors (Lipinski definition) is 2. The van der Waals surface area contributed by atoms with Gasteiger partial charge in [-0.15, -0.1) is 0 Å². The molecule has 2 aromatic rings. The number of carbonyl (C=O) groups is 2. The van der Waals surface area contributed by atoms with E-state index >= 15 is 0 Å². The van der Waals surface area contributed by atoms with Gasteiger partial charge in [-0.25, -0.2) is 4.79 Å². The fraction of sp³-hybridized carbons (Fsp3) is 0.333. The van der Waals surface area contributed by atoms with Gasteiger partial charge in [0.05, 0.1) is 32.2 Å². The monoisotopic (exact) mass is 404 g/mol. The van der Waals surface area contributed by atoms with Gasteiger partial charge < -0.3 is 20.1 Å². The molecule has 2 unspecified atom stereocenters. The number of methoxy groups -OCH3 is 1. The van der Waals surface area contributed by atoms with E-state index in [0.717, 1.165) is 11.3 Å². The fourth-order valence-electron chi connectivity index (χ4n) is 2.77. The van der Waals surface area contributed by atoms with Crippen molar-refractivity contribution in [3.05, 3.63) is 64.7 Å². The number of benzene rings is 2. The quantitative estimate of drug-likeness (QED) is 0.639. The second-order valence-corrected chi connectivity index (χ2v) is 6.61. The number of rotatable bonds is 8. The van der Waals surface area contributed by atoms with Gasteiger partial charge in [0.1, 0.15) is 5.75 Å². The van der Waals surface area contributed by atoms with Crippen LogP contribution in [0.1, 0.15) is 43.5 Å². The number of ether oxygens (including phenoxy) is 2. The second-order valence-electron chi connectivity index (χ2n) is 6.20. The summed E-state index contributed by atoms with van der Waals surface area (Å²) in [6.45, 7) is 4.35. The summed E-state index contributed by atoms with van der Waals surface area (Å²) in [5.74, 6) is 0.302. The largest absolute Gasteiger partial charge is 0.494 e. The zero-order chi connectivity index (χ0) is 20.5. The normalized spacial score (nSPS) is 12.6. The lowest BCUT2D eigenvalue weighted by molar-refractivity contribution is -0.141. The Kier molecular flexibility index (Phi) is 8.14. The highest BCUT2D eigenvalue weighted by atomic mass is 35.5. The molecule has 2 aromatic carbocycles. The third kappa shape index (κ3) is 6.16. The lowest BCUT2D eigenvalue weighted by Gasteiger charge is -2.22. The number of halogens is 1. The van der Waals surface area contributed by atoms with Gasteiger partial charge in [0.15, 0.2) is 0 Å². The molecule has 0 aliphatic carbocycles. The van der Waals surface area contributed by atoms with Crippen molar-refractivity contribution < 1.29 is 19.1 Å². The molecule has 0 radical (unpaired) electrons. The first kappa shape index (κ1) is 21.6. The molecule has 2 N–H and O–H groups in total. The van der Waals surface area contributed by atoms with E-state index in [2.05, 4.69) is 10.6 Å². The zero-order valence-corrected chi connectivity index (χ0v) is 17.0. The Morgan fingerprint density at radius 3 is 2.54 bits per heavy atom. The topological polar surface area (TPSA) is 76.7 Å². The predicted octanol–water partition coefficient (Wildman–Crippen LogP) is 4.40. The number of esters is 1. The van der Waals surface area contributed by atoms with E-state index in [-0.39, 0.29) is 12.5 Å². The molecule has 7 heteroatoms. The van der Waals surface area contributed by atoms with E-state index in [1.165, 1.54) is 7.11 Å². The van der Waals surface area contributed by atoms with Crippen molar-refractivity contribution >= 4 is 23.6 Å². The number of carbonyl (C=O) groups excluding carboxylic acids is 2. The van der Waals surface area contributed by atoms with Gasteiger partial charge in [-0.3, -0.25) is 4.79 Å². The molecule has 150 valence electrons. The minimum atomic E-state index is -0.608. The van der Waals surface area contributed by atoms with Crippen LogP contribution >= 0.6 is 11.6 Å². The Morgan fingerprint density at radius 1 is 1.11 bits per heavy atom. The summed E-state index contributed by atoms with van der Waals surface area (Å²) in [4.78, 5) is 24.3. The molecule has 2 atom stereocenters. The number of hydrogen-bond acceptors (Lipinski definition) is 4. The Bertz CT molecular complexity index is 812. The number of urea groups is 1. The lowest BCUT2D eigenvalue weighted by Crippen LogP contribution is -2.40. The molecule has 2 rings (SSSR count). The summed E-state index contributed by atoms with van der Waals surface area (Å²) < 4.78 is 10.2. The minimum Gasteiger partial charge on any atom is -0.494 e. The molecule has 0 saturated heterocycles. The Hall–Kier alpha value is -2.73. The Balaban J connectivity index is 2.09. The van der Waals surface area contributed by atoms with Gasteiger partial charge in [0.2, 0.25) is 0 Å². The summed E-state index contributed by atoms with van der Waals surface area (Å²) in [5, 5.41) is 6.16. The first-order valence-corrected chi connectivity index (χ1v) is 9.43. The molecule has 0 aliphatic heterocycles. The minimum absolute atomic E-state index is 0.0259. The van der Waals surface area contributed by atoms with E-state index in [9.17, 15) is 9.59 Å². The third-order valence-electron chi connectivity index (χ3n) is 4.20. The lowest BCUT2D eigenvalue weighted by atomic mass is 10.0. The third-order valence-corrected chi connectivity index (χ3v) is 4.55. The van der Waals surface area contributed by atoms with Crippen LogP contribution in [-0.2, 0) is 9.53 Å².